The molecule has 0 aliphatic carbocycles. The molecule has 3 aromatic rings. The van der Waals surface area contributed by atoms with Crippen LogP contribution >= 0.6 is 23.6 Å². The van der Waals surface area contributed by atoms with E-state index >= 15 is 0 Å². The third-order valence-electron chi connectivity index (χ3n) is 3.80. The Kier molecular flexibility index (Phi) is 6.56. The summed E-state index contributed by atoms with van der Waals surface area (Å²) in [4.78, 5) is 9.81. The summed E-state index contributed by atoms with van der Waals surface area (Å²) in [5.41, 5.74) is 1.99. The normalized spacial score (nSPS) is 10.3. The number of aromatic nitrogens is 2. The SMILES string of the molecule is COc1ccc(CCNC(=S)Nc2nccc(-c3cccs3)n2)cc1OC. The van der Waals surface area contributed by atoms with E-state index in [0.29, 0.717) is 23.4 Å². The van der Waals surface area contributed by atoms with Crippen molar-refractivity contribution in [1.29, 1.82) is 0 Å². The summed E-state index contributed by atoms with van der Waals surface area (Å²) in [6.45, 7) is 0.673. The van der Waals surface area contributed by atoms with Crippen molar-refractivity contribution in [3.8, 4) is 22.1 Å². The number of hydrogen-bond acceptors (Lipinski definition) is 6. The van der Waals surface area contributed by atoms with E-state index in [1.807, 2.05) is 41.8 Å². The summed E-state index contributed by atoms with van der Waals surface area (Å²) in [6, 6.07) is 11.8. The van der Waals surface area contributed by atoms with Gasteiger partial charge in [-0.25, -0.2) is 9.97 Å². The van der Waals surface area contributed by atoms with Gasteiger partial charge in [-0.15, -0.1) is 11.3 Å². The summed E-state index contributed by atoms with van der Waals surface area (Å²) in [6.07, 6.45) is 2.51. The zero-order valence-corrected chi connectivity index (χ0v) is 16.7. The molecule has 140 valence electrons. The van der Waals surface area contributed by atoms with Crippen molar-refractivity contribution in [2.45, 2.75) is 6.42 Å². The van der Waals surface area contributed by atoms with Crippen LogP contribution in [0.3, 0.4) is 0 Å². The smallest absolute Gasteiger partial charge is 0.229 e. The van der Waals surface area contributed by atoms with Gasteiger partial charge in [-0.3, -0.25) is 0 Å². The average Bonchev–Trinajstić information content (AvgIpc) is 3.23. The summed E-state index contributed by atoms with van der Waals surface area (Å²) in [7, 11) is 3.25. The van der Waals surface area contributed by atoms with Crippen molar-refractivity contribution in [2.75, 3.05) is 26.1 Å². The maximum Gasteiger partial charge on any atom is 0.229 e. The summed E-state index contributed by atoms with van der Waals surface area (Å²) < 4.78 is 10.6. The Hall–Kier alpha value is -2.71. The molecule has 0 unspecified atom stereocenters. The minimum absolute atomic E-state index is 0.476. The molecule has 2 aromatic heterocycles. The Morgan fingerprint density at radius 3 is 2.74 bits per heavy atom. The highest BCUT2D eigenvalue weighted by atomic mass is 32.1. The van der Waals surface area contributed by atoms with Crippen LogP contribution in [0.1, 0.15) is 5.56 Å². The highest BCUT2D eigenvalue weighted by Crippen LogP contribution is 2.27. The van der Waals surface area contributed by atoms with Crippen LogP contribution in [0, 0.1) is 0 Å². The fraction of sp³-hybridized carbons (Fsp3) is 0.211. The van der Waals surface area contributed by atoms with Crippen molar-refractivity contribution in [3.05, 3.63) is 53.5 Å². The molecule has 27 heavy (non-hydrogen) atoms. The molecule has 0 radical (unpaired) electrons. The van der Waals surface area contributed by atoms with Crippen molar-refractivity contribution in [1.82, 2.24) is 15.3 Å². The third-order valence-corrected chi connectivity index (χ3v) is 4.94. The predicted octanol–water partition coefficient (Wildman–Crippen LogP) is 3.75. The predicted molar refractivity (Wildman–Crippen MR) is 113 cm³/mol. The zero-order valence-electron chi connectivity index (χ0n) is 15.1. The van der Waals surface area contributed by atoms with Crippen LogP contribution in [0.5, 0.6) is 11.5 Å². The van der Waals surface area contributed by atoms with Gasteiger partial charge in [0.25, 0.3) is 0 Å². The molecule has 8 heteroatoms. The molecule has 3 rings (SSSR count). The molecule has 2 heterocycles. The Balaban J connectivity index is 1.52. The van der Waals surface area contributed by atoms with E-state index in [2.05, 4.69) is 20.6 Å². The lowest BCUT2D eigenvalue weighted by Gasteiger charge is -2.11. The maximum atomic E-state index is 5.34. The molecule has 0 spiro atoms. The van der Waals surface area contributed by atoms with Crippen LogP contribution in [0.15, 0.2) is 48.0 Å². The number of nitrogens with one attached hydrogen (secondary N) is 2. The lowest BCUT2D eigenvalue weighted by Crippen LogP contribution is -2.30. The molecule has 2 N–H and O–H groups in total. The summed E-state index contributed by atoms with van der Waals surface area (Å²) >= 11 is 6.97. The Bertz CT molecular complexity index is 900. The zero-order chi connectivity index (χ0) is 19.1. The monoisotopic (exact) mass is 400 g/mol. The van der Waals surface area contributed by atoms with Crippen molar-refractivity contribution >= 4 is 34.6 Å². The Morgan fingerprint density at radius 2 is 2.00 bits per heavy atom. The first-order chi connectivity index (χ1) is 13.2. The number of methoxy groups -OCH3 is 2. The van der Waals surface area contributed by atoms with Crippen LogP contribution in [0.4, 0.5) is 5.95 Å². The number of thiophene rings is 1. The number of anilines is 1. The van der Waals surface area contributed by atoms with Gasteiger partial charge in [0.1, 0.15) is 0 Å². The second-order valence-electron chi connectivity index (χ2n) is 5.56. The van der Waals surface area contributed by atoms with Crippen molar-refractivity contribution in [3.63, 3.8) is 0 Å². The molecule has 0 aliphatic rings. The van der Waals surface area contributed by atoms with E-state index < -0.39 is 0 Å². The highest BCUT2D eigenvalue weighted by Gasteiger charge is 2.06. The molecular weight excluding hydrogens is 380 g/mol. The van der Waals surface area contributed by atoms with E-state index in [0.717, 1.165) is 28.3 Å². The van der Waals surface area contributed by atoms with Gasteiger partial charge in [0.2, 0.25) is 5.95 Å². The van der Waals surface area contributed by atoms with E-state index in [1.165, 1.54) is 0 Å². The number of ether oxygens (including phenoxy) is 2. The topological polar surface area (TPSA) is 68.3 Å². The summed E-state index contributed by atoms with van der Waals surface area (Å²) in [5.74, 6) is 1.91. The fourth-order valence-corrected chi connectivity index (χ4v) is 3.37. The molecule has 1 aromatic carbocycles. The fourth-order valence-electron chi connectivity index (χ4n) is 2.48. The van der Waals surface area contributed by atoms with E-state index in [1.54, 1.807) is 31.8 Å². The van der Waals surface area contributed by atoms with Crippen LogP contribution in [-0.2, 0) is 6.42 Å². The molecule has 0 saturated heterocycles. The highest BCUT2D eigenvalue weighted by molar-refractivity contribution is 7.80. The van der Waals surface area contributed by atoms with Crippen molar-refractivity contribution in [2.24, 2.45) is 0 Å². The van der Waals surface area contributed by atoms with Crippen LogP contribution in [0.2, 0.25) is 0 Å². The number of nitrogens with zero attached hydrogens (tertiary/aromatic N) is 2. The molecule has 6 nitrogen and oxygen atoms in total. The summed E-state index contributed by atoms with van der Waals surface area (Å²) in [5, 5.41) is 8.70. The lowest BCUT2D eigenvalue weighted by molar-refractivity contribution is 0.354. The van der Waals surface area contributed by atoms with E-state index in [9.17, 15) is 0 Å². The first kappa shape index (κ1) is 19.1. The quantitative estimate of drug-likeness (QED) is 0.586. The molecule has 0 aliphatic heterocycles. The molecule has 0 bridgehead atoms. The Morgan fingerprint density at radius 1 is 1.15 bits per heavy atom. The molecule has 0 amide bonds. The van der Waals surface area contributed by atoms with Gasteiger partial charge in [0.05, 0.1) is 24.8 Å². The lowest BCUT2D eigenvalue weighted by atomic mass is 10.1. The van der Waals surface area contributed by atoms with Gasteiger partial charge in [0, 0.05) is 12.7 Å². The van der Waals surface area contributed by atoms with E-state index in [4.69, 9.17) is 21.7 Å². The van der Waals surface area contributed by atoms with Gasteiger partial charge in [-0.2, -0.15) is 0 Å². The molecular formula is C19H20N4O2S2. The minimum Gasteiger partial charge on any atom is -0.493 e. The van der Waals surface area contributed by atoms with E-state index in [-0.39, 0.29) is 0 Å². The Labute approximate surface area is 167 Å². The first-order valence-electron chi connectivity index (χ1n) is 8.32. The number of benzene rings is 1. The largest absolute Gasteiger partial charge is 0.493 e. The van der Waals surface area contributed by atoms with Crippen LogP contribution in [0.25, 0.3) is 10.6 Å². The molecule has 0 saturated carbocycles. The van der Waals surface area contributed by atoms with Gasteiger partial charge in [0.15, 0.2) is 16.6 Å². The number of thiocarbonyl (C=S) groups is 1. The standard InChI is InChI=1S/C19H20N4O2S2/c1-24-15-6-5-13(12-16(15)25-2)7-9-21-19(26)23-18-20-10-8-14(22-18)17-4-3-11-27-17/h3-6,8,10-12H,7,9H2,1-2H3,(H2,20,21,22,23,26). The molecule has 0 fully saturated rings. The molecule has 0 atom stereocenters. The minimum atomic E-state index is 0.476. The second-order valence-corrected chi connectivity index (χ2v) is 6.92. The van der Waals surface area contributed by atoms with Gasteiger partial charge >= 0.3 is 0 Å². The number of rotatable bonds is 7. The first-order valence-corrected chi connectivity index (χ1v) is 9.61. The average molecular weight is 401 g/mol. The van der Waals surface area contributed by atoms with Gasteiger partial charge in [-0.1, -0.05) is 12.1 Å². The van der Waals surface area contributed by atoms with Crippen LogP contribution in [-0.4, -0.2) is 35.8 Å². The maximum absolute atomic E-state index is 5.34. The number of hydrogen-bond donors (Lipinski definition) is 2. The van der Waals surface area contributed by atoms with Crippen molar-refractivity contribution < 1.29 is 9.47 Å². The second kappa shape index (κ2) is 9.29. The van der Waals surface area contributed by atoms with Gasteiger partial charge < -0.3 is 20.1 Å². The van der Waals surface area contributed by atoms with Crippen LogP contribution < -0.4 is 20.1 Å². The van der Waals surface area contributed by atoms with Gasteiger partial charge in [-0.05, 0) is 53.8 Å². The third kappa shape index (κ3) is 5.15.